The van der Waals surface area contributed by atoms with Crippen molar-refractivity contribution in [2.75, 3.05) is 0 Å². The minimum atomic E-state index is -0.511. The Labute approximate surface area is 105 Å². The van der Waals surface area contributed by atoms with Crippen molar-refractivity contribution in [2.24, 2.45) is 11.3 Å². The first-order valence-electron chi connectivity index (χ1n) is 6.63. The maximum absolute atomic E-state index is 11.6. The summed E-state index contributed by atoms with van der Waals surface area (Å²) >= 11 is 0. The standard InChI is InChI=1S/C14H26O3/c1-13(2,3)12(15)16-17-14(4,5)11-9-7-6-8-10-11/h11H,6-10H2,1-5H3. The Kier molecular flexibility index (Phi) is 4.59. The molecule has 17 heavy (non-hydrogen) atoms. The molecule has 1 aliphatic carbocycles. The molecule has 100 valence electrons. The fourth-order valence-corrected chi connectivity index (χ4v) is 2.14. The van der Waals surface area contributed by atoms with Crippen LogP contribution in [0.4, 0.5) is 0 Å². The highest BCUT2D eigenvalue weighted by atomic mass is 17.2. The number of carbonyl (C=O) groups is 1. The van der Waals surface area contributed by atoms with Crippen molar-refractivity contribution in [2.45, 2.75) is 72.3 Å². The van der Waals surface area contributed by atoms with E-state index in [2.05, 4.69) is 0 Å². The topological polar surface area (TPSA) is 35.5 Å². The summed E-state index contributed by atoms with van der Waals surface area (Å²) in [5.74, 6) is 0.186. The molecule has 0 N–H and O–H groups in total. The normalized spacial score (nSPS) is 19.1. The Hall–Kier alpha value is -0.570. The molecule has 0 spiro atoms. The first kappa shape index (κ1) is 14.5. The lowest BCUT2D eigenvalue weighted by Gasteiger charge is -2.35. The van der Waals surface area contributed by atoms with E-state index >= 15 is 0 Å². The number of hydrogen-bond donors (Lipinski definition) is 0. The molecule has 1 fully saturated rings. The van der Waals surface area contributed by atoms with Gasteiger partial charge < -0.3 is 0 Å². The van der Waals surface area contributed by atoms with Crippen molar-refractivity contribution in [3.63, 3.8) is 0 Å². The lowest BCUT2D eigenvalue weighted by atomic mass is 9.79. The highest BCUT2D eigenvalue weighted by Gasteiger charge is 2.35. The van der Waals surface area contributed by atoms with Crippen LogP contribution in [0.1, 0.15) is 66.7 Å². The zero-order valence-electron chi connectivity index (χ0n) is 11.8. The van der Waals surface area contributed by atoms with Crippen LogP contribution in [0, 0.1) is 11.3 Å². The van der Waals surface area contributed by atoms with Gasteiger partial charge in [0, 0.05) is 0 Å². The van der Waals surface area contributed by atoms with Crippen LogP contribution in [0.2, 0.25) is 0 Å². The Morgan fingerprint density at radius 1 is 1.00 bits per heavy atom. The van der Waals surface area contributed by atoms with E-state index in [1.807, 2.05) is 34.6 Å². The van der Waals surface area contributed by atoms with Crippen molar-refractivity contribution in [3.05, 3.63) is 0 Å². The van der Waals surface area contributed by atoms with Crippen LogP contribution in [0.25, 0.3) is 0 Å². The molecule has 1 aliphatic rings. The molecule has 0 aromatic heterocycles. The molecule has 0 saturated heterocycles. The Balaban J connectivity index is 2.46. The van der Waals surface area contributed by atoms with Gasteiger partial charge in [-0.2, -0.15) is 4.89 Å². The second-order valence-electron chi connectivity index (χ2n) is 6.64. The Morgan fingerprint density at radius 3 is 2.00 bits per heavy atom. The van der Waals surface area contributed by atoms with Crippen molar-refractivity contribution in [1.82, 2.24) is 0 Å². The molecule has 3 nitrogen and oxygen atoms in total. The highest BCUT2D eigenvalue weighted by Crippen LogP contribution is 2.35. The van der Waals surface area contributed by atoms with E-state index in [0.29, 0.717) is 5.92 Å². The molecule has 3 heteroatoms. The summed E-state index contributed by atoms with van der Waals surface area (Å²) in [5.41, 5.74) is -0.885. The second-order valence-corrected chi connectivity index (χ2v) is 6.64. The first-order valence-corrected chi connectivity index (χ1v) is 6.63. The van der Waals surface area contributed by atoms with Gasteiger partial charge >= 0.3 is 5.97 Å². The number of carbonyl (C=O) groups excluding carboxylic acids is 1. The third-order valence-corrected chi connectivity index (χ3v) is 3.53. The maximum Gasteiger partial charge on any atom is 0.347 e. The van der Waals surface area contributed by atoms with Crippen LogP contribution in [0.5, 0.6) is 0 Å². The molecule has 1 saturated carbocycles. The zero-order valence-corrected chi connectivity index (χ0v) is 11.8. The monoisotopic (exact) mass is 242 g/mol. The van der Waals surface area contributed by atoms with Gasteiger partial charge in [-0.1, -0.05) is 19.3 Å². The van der Waals surface area contributed by atoms with Gasteiger partial charge in [0.25, 0.3) is 0 Å². The molecule has 0 radical (unpaired) electrons. The summed E-state index contributed by atoms with van der Waals surface area (Å²) in [6.45, 7) is 9.50. The molecule has 0 heterocycles. The summed E-state index contributed by atoms with van der Waals surface area (Å²) in [7, 11) is 0. The van der Waals surface area contributed by atoms with Gasteiger partial charge in [0.1, 0.15) is 5.60 Å². The van der Waals surface area contributed by atoms with Gasteiger partial charge in [-0.25, -0.2) is 4.79 Å². The first-order chi connectivity index (χ1) is 7.73. The predicted molar refractivity (Wildman–Crippen MR) is 67.3 cm³/mol. The van der Waals surface area contributed by atoms with Crippen LogP contribution in [0.3, 0.4) is 0 Å². The second kappa shape index (κ2) is 5.38. The lowest BCUT2D eigenvalue weighted by Crippen LogP contribution is -2.38. The van der Waals surface area contributed by atoms with Gasteiger partial charge in [-0.15, -0.1) is 0 Å². The summed E-state index contributed by atoms with van der Waals surface area (Å²) in [5, 5.41) is 0. The average Bonchev–Trinajstić information content (AvgIpc) is 2.26. The largest absolute Gasteiger partial charge is 0.347 e. The lowest BCUT2D eigenvalue weighted by molar-refractivity contribution is -0.342. The summed E-state index contributed by atoms with van der Waals surface area (Å²) in [6.07, 6.45) is 6.16. The minimum Gasteiger partial charge on any atom is -0.297 e. The van der Waals surface area contributed by atoms with Crippen molar-refractivity contribution < 1.29 is 14.6 Å². The van der Waals surface area contributed by atoms with Crippen LogP contribution in [-0.4, -0.2) is 11.6 Å². The Bertz CT molecular complexity index is 257. The summed E-state index contributed by atoms with van der Waals surface area (Å²) in [6, 6.07) is 0. The fourth-order valence-electron chi connectivity index (χ4n) is 2.14. The maximum atomic E-state index is 11.6. The molecule has 0 aromatic carbocycles. The van der Waals surface area contributed by atoms with Crippen LogP contribution in [-0.2, 0) is 14.6 Å². The molecule has 0 aromatic rings. The molecule has 0 bridgehead atoms. The Morgan fingerprint density at radius 2 is 1.53 bits per heavy atom. The molecular weight excluding hydrogens is 216 g/mol. The van der Waals surface area contributed by atoms with E-state index in [1.54, 1.807) is 0 Å². The molecule has 0 amide bonds. The van der Waals surface area contributed by atoms with Gasteiger partial charge in [0.05, 0.1) is 5.41 Å². The highest BCUT2D eigenvalue weighted by molar-refractivity contribution is 5.74. The van der Waals surface area contributed by atoms with E-state index in [1.165, 1.54) is 32.1 Å². The van der Waals surface area contributed by atoms with Gasteiger partial charge in [0.15, 0.2) is 0 Å². The smallest absolute Gasteiger partial charge is 0.297 e. The predicted octanol–water partition coefficient (Wildman–Crippen LogP) is 3.87. The van der Waals surface area contributed by atoms with Gasteiger partial charge in [-0.05, 0) is 53.4 Å². The third-order valence-electron chi connectivity index (χ3n) is 3.53. The van der Waals surface area contributed by atoms with Crippen molar-refractivity contribution >= 4 is 5.97 Å². The van der Waals surface area contributed by atoms with E-state index in [-0.39, 0.29) is 11.6 Å². The molecular formula is C14H26O3. The average molecular weight is 242 g/mol. The van der Waals surface area contributed by atoms with E-state index in [4.69, 9.17) is 9.78 Å². The zero-order chi connectivity index (χ0) is 13.1. The van der Waals surface area contributed by atoms with E-state index < -0.39 is 5.41 Å². The fraction of sp³-hybridized carbons (Fsp3) is 0.929. The van der Waals surface area contributed by atoms with Crippen LogP contribution in [0.15, 0.2) is 0 Å². The molecule has 0 atom stereocenters. The summed E-state index contributed by atoms with van der Waals surface area (Å²) < 4.78 is 0. The van der Waals surface area contributed by atoms with E-state index in [9.17, 15) is 4.79 Å². The van der Waals surface area contributed by atoms with Crippen molar-refractivity contribution in [3.8, 4) is 0 Å². The molecule has 1 rings (SSSR count). The van der Waals surface area contributed by atoms with E-state index in [0.717, 1.165) is 0 Å². The van der Waals surface area contributed by atoms with Crippen LogP contribution < -0.4 is 0 Å². The minimum absolute atomic E-state index is 0.304. The van der Waals surface area contributed by atoms with Crippen molar-refractivity contribution in [1.29, 1.82) is 0 Å². The molecule has 0 unspecified atom stereocenters. The van der Waals surface area contributed by atoms with Gasteiger partial charge in [0.2, 0.25) is 0 Å². The number of rotatable bonds is 3. The SMILES string of the molecule is CC(C)(C)C(=O)OOC(C)(C)C1CCCCC1. The third kappa shape index (κ3) is 4.30. The van der Waals surface area contributed by atoms with Gasteiger partial charge in [-0.3, -0.25) is 4.89 Å². The van der Waals surface area contributed by atoms with Crippen LogP contribution >= 0.6 is 0 Å². The summed E-state index contributed by atoms with van der Waals surface area (Å²) in [4.78, 5) is 22.0. The number of hydrogen-bond acceptors (Lipinski definition) is 3. The molecule has 0 aliphatic heterocycles. The quantitative estimate of drug-likeness (QED) is 0.556.